The van der Waals surface area contributed by atoms with Crippen LogP contribution < -0.4 is 10.6 Å². The lowest BCUT2D eigenvalue weighted by molar-refractivity contribution is 0.212. The zero-order valence-corrected chi connectivity index (χ0v) is 12.2. The van der Waals surface area contributed by atoms with Crippen molar-refractivity contribution in [3.8, 4) is 0 Å². The molecule has 0 bridgehead atoms. The van der Waals surface area contributed by atoms with E-state index < -0.39 is 0 Å². The van der Waals surface area contributed by atoms with Gasteiger partial charge in [0.05, 0.1) is 18.7 Å². The summed E-state index contributed by atoms with van der Waals surface area (Å²) in [5.74, 6) is 0. The quantitative estimate of drug-likeness (QED) is 0.782. The number of hydrogen-bond acceptors (Lipinski definition) is 2. The van der Waals surface area contributed by atoms with Crippen LogP contribution in [0.2, 0.25) is 0 Å². The largest absolute Gasteiger partial charge is 0.394 e. The minimum atomic E-state index is -0.265. The lowest BCUT2D eigenvalue weighted by Crippen LogP contribution is -2.44. The predicted octanol–water partition coefficient (Wildman–Crippen LogP) is 2.58. The number of rotatable bonds is 5. The summed E-state index contributed by atoms with van der Waals surface area (Å²) < 4.78 is 0.965. The van der Waals surface area contributed by atoms with Crippen molar-refractivity contribution < 1.29 is 9.90 Å². The van der Waals surface area contributed by atoms with Gasteiger partial charge in [-0.25, -0.2) is 4.79 Å². The lowest BCUT2D eigenvalue weighted by Gasteiger charge is -2.19. The number of aliphatic hydroxyl groups is 1. The van der Waals surface area contributed by atoms with Crippen LogP contribution in [0.5, 0.6) is 0 Å². The fourth-order valence-corrected chi connectivity index (χ4v) is 2.23. The summed E-state index contributed by atoms with van der Waals surface area (Å²) in [7, 11) is 0. The molecule has 5 heteroatoms. The van der Waals surface area contributed by atoms with E-state index in [1.165, 1.54) is 0 Å². The Bertz CT molecular complexity index is 394. The summed E-state index contributed by atoms with van der Waals surface area (Å²) in [6, 6.07) is 7.19. The first-order chi connectivity index (χ1) is 8.58. The molecular formula is C13H19BrN2O2. The normalized spacial score (nSPS) is 13.8. The van der Waals surface area contributed by atoms with Crippen molar-refractivity contribution in [2.45, 2.75) is 32.4 Å². The molecule has 0 saturated heterocycles. The van der Waals surface area contributed by atoms with Gasteiger partial charge in [0, 0.05) is 4.47 Å². The van der Waals surface area contributed by atoms with Crippen LogP contribution in [0.15, 0.2) is 28.7 Å². The van der Waals surface area contributed by atoms with Crippen LogP contribution in [-0.4, -0.2) is 23.8 Å². The first kappa shape index (κ1) is 15.0. The number of urea groups is 1. The fourth-order valence-electron chi connectivity index (χ4n) is 1.60. The van der Waals surface area contributed by atoms with Gasteiger partial charge in [-0.3, -0.25) is 0 Å². The molecule has 2 unspecified atom stereocenters. The van der Waals surface area contributed by atoms with E-state index in [1.54, 1.807) is 0 Å². The summed E-state index contributed by atoms with van der Waals surface area (Å²) in [5, 5.41) is 14.6. The number of hydrogen-bond donors (Lipinski definition) is 3. The molecule has 18 heavy (non-hydrogen) atoms. The van der Waals surface area contributed by atoms with Crippen molar-refractivity contribution in [3.05, 3.63) is 34.3 Å². The molecule has 2 atom stereocenters. The smallest absolute Gasteiger partial charge is 0.315 e. The molecule has 0 saturated carbocycles. The first-order valence-electron chi connectivity index (χ1n) is 6.00. The Balaban J connectivity index is 2.57. The second kappa shape index (κ2) is 7.38. The third-order valence-electron chi connectivity index (χ3n) is 2.77. The van der Waals surface area contributed by atoms with Crippen molar-refractivity contribution in [3.63, 3.8) is 0 Å². The van der Waals surface area contributed by atoms with Gasteiger partial charge in [0.2, 0.25) is 0 Å². The highest BCUT2D eigenvalue weighted by Gasteiger charge is 2.14. The van der Waals surface area contributed by atoms with Gasteiger partial charge in [0.25, 0.3) is 0 Å². The summed E-state index contributed by atoms with van der Waals surface area (Å²) in [4.78, 5) is 11.7. The van der Waals surface area contributed by atoms with Crippen LogP contribution in [0.4, 0.5) is 4.79 Å². The molecule has 2 amide bonds. The second-order valence-electron chi connectivity index (χ2n) is 4.15. The van der Waals surface area contributed by atoms with E-state index in [9.17, 15) is 4.79 Å². The molecule has 1 aromatic carbocycles. The molecule has 1 aromatic rings. The minimum absolute atomic E-state index is 0.0483. The van der Waals surface area contributed by atoms with E-state index in [1.807, 2.05) is 38.1 Å². The summed E-state index contributed by atoms with van der Waals surface area (Å²) >= 11 is 3.45. The van der Waals surface area contributed by atoms with Crippen molar-refractivity contribution >= 4 is 22.0 Å². The molecular weight excluding hydrogens is 296 g/mol. The Morgan fingerprint density at radius 1 is 1.39 bits per heavy atom. The van der Waals surface area contributed by atoms with E-state index in [2.05, 4.69) is 26.6 Å². The van der Waals surface area contributed by atoms with E-state index in [0.717, 1.165) is 10.0 Å². The Hall–Kier alpha value is -1.07. The fraction of sp³-hybridized carbons (Fsp3) is 0.462. The lowest BCUT2D eigenvalue weighted by atomic mass is 10.1. The molecule has 0 aliphatic heterocycles. The van der Waals surface area contributed by atoms with E-state index in [-0.39, 0.29) is 24.7 Å². The monoisotopic (exact) mass is 314 g/mol. The molecule has 0 aliphatic carbocycles. The number of amides is 2. The number of carbonyl (C=O) groups excluding carboxylic acids is 1. The standard InChI is InChI=1S/C13H19BrN2O2/c1-3-10(8-17)16-13(18)15-9(2)11-6-4-5-7-12(11)14/h4-7,9-10,17H,3,8H2,1-2H3,(H2,15,16,18). The Labute approximate surface area is 116 Å². The van der Waals surface area contributed by atoms with Gasteiger partial charge in [0.1, 0.15) is 0 Å². The molecule has 0 aliphatic rings. The molecule has 100 valence electrons. The summed E-state index contributed by atoms with van der Waals surface area (Å²) in [5.41, 5.74) is 1.02. The van der Waals surface area contributed by atoms with E-state index in [4.69, 9.17) is 5.11 Å². The molecule has 1 rings (SSSR count). The number of halogens is 1. The van der Waals surface area contributed by atoms with E-state index >= 15 is 0 Å². The maximum Gasteiger partial charge on any atom is 0.315 e. The summed E-state index contributed by atoms with van der Waals surface area (Å²) in [6.45, 7) is 3.78. The molecule has 0 spiro atoms. The molecule has 0 aromatic heterocycles. The van der Waals surface area contributed by atoms with E-state index in [0.29, 0.717) is 6.42 Å². The zero-order chi connectivity index (χ0) is 13.5. The summed E-state index contributed by atoms with van der Waals surface area (Å²) in [6.07, 6.45) is 0.702. The average molecular weight is 315 g/mol. The highest BCUT2D eigenvalue weighted by atomic mass is 79.9. The van der Waals surface area contributed by atoms with Crippen LogP contribution in [0.25, 0.3) is 0 Å². The first-order valence-corrected chi connectivity index (χ1v) is 6.80. The van der Waals surface area contributed by atoms with Gasteiger partial charge in [-0.15, -0.1) is 0 Å². The second-order valence-corrected chi connectivity index (χ2v) is 5.00. The van der Waals surface area contributed by atoms with Crippen molar-refractivity contribution in [1.29, 1.82) is 0 Å². The number of nitrogens with one attached hydrogen (secondary N) is 2. The predicted molar refractivity (Wildman–Crippen MR) is 75.4 cm³/mol. The van der Waals surface area contributed by atoms with Gasteiger partial charge in [-0.1, -0.05) is 41.1 Å². The maximum atomic E-state index is 11.7. The van der Waals surface area contributed by atoms with Gasteiger partial charge < -0.3 is 15.7 Å². The maximum absolute atomic E-state index is 11.7. The van der Waals surface area contributed by atoms with Crippen LogP contribution in [0.1, 0.15) is 31.9 Å². The minimum Gasteiger partial charge on any atom is -0.394 e. The zero-order valence-electron chi connectivity index (χ0n) is 10.6. The van der Waals surface area contributed by atoms with Crippen LogP contribution in [0.3, 0.4) is 0 Å². The average Bonchev–Trinajstić information content (AvgIpc) is 2.36. The van der Waals surface area contributed by atoms with Gasteiger partial charge >= 0.3 is 6.03 Å². The van der Waals surface area contributed by atoms with Crippen LogP contribution in [-0.2, 0) is 0 Å². The molecule has 0 radical (unpaired) electrons. The Morgan fingerprint density at radius 3 is 2.61 bits per heavy atom. The van der Waals surface area contributed by atoms with Crippen LogP contribution in [0, 0.1) is 0 Å². The third kappa shape index (κ3) is 4.31. The topological polar surface area (TPSA) is 61.4 Å². The van der Waals surface area contributed by atoms with Crippen molar-refractivity contribution in [1.82, 2.24) is 10.6 Å². The Kier molecular flexibility index (Phi) is 6.15. The SMILES string of the molecule is CCC(CO)NC(=O)NC(C)c1ccccc1Br. The molecule has 0 heterocycles. The number of benzene rings is 1. The van der Waals surface area contributed by atoms with Crippen molar-refractivity contribution in [2.75, 3.05) is 6.61 Å². The molecule has 0 fully saturated rings. The number of carbonyl (C=O) groups is 1. The van der Waals surface area contributed by atoms with Crippen molar-refractivity contribution in [2.24, 2.45) is 0 Å². The van der Waals surface area contributed by atoms with Gasteiger partial charge in [-0.05, 0) is 25.0 Å². The number of aliphatic hydroxyl groups excluding tert-OH is 1. The highest BCUT2D eigenvalue weighted by Crippen LogP contribution is 2.22. The third-order valence-corrected chi connectivity index (χ3v) is 3.49. The molecule has 3 N–H and O–H groups in total. The Morgan fingerprint density at radius 2 is 2.06 bits per heavy atom. The van der Waals surface area contributed by atoms with Gasteiger partial charge in [-0.2, -0.15) is 0 Å². The van der Waals surface area contributed by atoms with Gasteiger partial charge in [0.15, 0.2) is 0 Å². The highest BCUT2D eigenvalue weighted by molar-refractivity contribution is 9.10. The molecule has 4 nitrogen and oxygen atoms in total. The van der Waals surface area contributed by atoms with Crippen LogP contribution >= 0.6 is 15.9 Å².